The Kier molecular flexibility index (Phi) is 5.75. The van der Waals surface area contributed by atoms with Gasteiger partial charge in [0.2, 0.25) is 0 Å². The van der Waals surface area contributed by atoms with Crippen LogP contribution in [-0.2, 0) is 0 Å². The number of amides is 1. The van der Waals surface area contributed by atoms with Gasteiger partial charge in [0, 0.05) is 29.3 Å². The number of anilines is 3. The minimum absolute atomic E-state index is 0.0832. The second-order valence-corrected chi connectivity index (χ2v) is 7.90. The van der Waals surface area contributed by atoms with Crippen LogP contribution in [0.5, 0.6) is 0 Å². The number of imidazole rings is 1. The van der Waals surface area contributed by atoms with Crippen LogP contribution in [0.1, 0.15) is 21.6 Å². The van der Waals surface area contributed by atoms with E-state index in [9.17, 15) is 4.79 Å². The standard InChI is InChI=1S/C24H16ClN9O/c1-13-4-5-15(33-24(35)19-7-14(9-26)17(25)10-28-19)8-18(13)34-22-16(3-2-6-27-22)20-21-23(31-11-29-20)32-12-30-21/h2-8,10-12H,1H3,(H,27,34)(H,33,35)(H,29,30,31,32). The number of aromatic amines is 1. The van der Waals surface area contributed by atoms with Crippen LogP contribution in [0.3, 0.4) is 0 Å². The highest BCUT2D eigenvalue weighted by atomic mass is 35.5. The van der Waals surface area contributed by atoms with Crippen LogP contribution in [-0.4, -0.2) is 35.8 Å². The zero-order valence-corrected chi connectivity index (χ0v) is 19.0. The highest BCUT2D eigenvalue weighted by Gasteiger charge is 2.15. The van der Waals surface area contributed by atoms with Crippen molar-refractivity contribution in [3.05, 3.63) is 83.3 Å². The molecule has 0 saturated heterocycles. The van der Waals surface area contributed by atoms with Crippen molar-refractivity contribution in [2.75, 3.05) is 10.6 Å². The Morgan fingerprint density at radius 2 is 2.00 bits per heavy atom. The van der Waals surface area contributed by atoms with E-state index in [4.69, 9.17) is 16.9 Å². The molecule has 1 amide bonds. The topological polar surface area (TPSA) is 145 Å². The summed E-state index contributed by atoms with van der Waals surface area (Å²) in [5.41, 5.74) is 5.10. The van der Waals surface area contributed by atoms with E-state index in [0.717, 1.165) is 16.8 Å². The quantitative estimate of drug-likeness (QED) is 0.329. The number of nitrogens with zero attached hydrogens (tertiary/aromatic N) is 6. The molecular weight excluding hydrogens is 466 g/mol. The SMILES string of the molecule is Cc1ccc(NC(=O)c2cc(C#N)c(Cl)cn2)cc1Nc1ncccc1-c1ncnc2[nH]cnc12. The molecule has 10 nitrogen and oxygen atoms in total. The molecule has 4 aromatic heterocycles. The lowest BCUT2D eigenvalue weighted by Crippen LogP contribution is -2.14. The maximum absolute atomic E-state index is 12.7. The van der Waals surface area contributed by atoms with Gasteiger partial charge in [0.05, 0.1) is 16.9 Å². The summed E-state index contributed by atoms with van der Waals surface area (Å²) in [5, 5.41) is 15.5. The number of benzene rings is 1. The number of fused-ring (bicyclic) bond motifs is 1. The molecule has 1 aromatic carbocycles. The first kappa shape index (κ1) is 21.9. The number of carbonyl (C=O) groups is 1. The molecule has 5 aromatic rings. The van der Waals surface area contributed by atoms with Gasteiger partial charge in [-0.3, -0.25) is 4.79 Å². The average molecular weight is 482 g/mol. The Morgan fingerprint density at radius 1 is 1.11 bits per heavy atom. The first-order valence-electron chi connectivity index (χ1n) is 10.4. The molecule has 0 atom stereocenters. The molecule has 3 N–H and O–H groups in total. The molecule has 0 spiro atoms. The largest absolute Gasteiger partial charge is 0.339 e. The van der Waals surface area contributed by atoms with E-state index in [0.29, 0.717) is 28.4 Å². The highest BCUT2D eigenvalue weighted by Crippen LogP contribution is 2.32. The minimum Gasteiger partial charge on any atom is -0.339 e. The summed E-state index contributed by atoms with van der Waals surface area (Å²) in [4.78, 5) is 37.1. The van der Waals surface area contributed by atoms with Gasteiger partial charge >= 0.3 is 0 Å². The Hall–Kier alpha value is -4.88. The molecule has 0 unspecified atom stereocenters. The maximum atomic E-state index is 12.7. The van der Waals surface area contributed by atoms with Crippen molar-refractivity contribution in [3.63, 3.8) is 0 Å². The van der Waals surface area contributed by atoms with Gasteiger partial charge in [-0.2, -0.15) is 5.26 Å². The van der Waals surface area contributed by atoms with Gasteiger partial charge in [0.1, 0.15) is 35.1 Å². The Bertz CT molecular complexity index is 1620. The van der Waals surface area contributed by atoms with Crippen LogP contribution in [0.25, 0.3) is 22.4 Å². The van der Waals surface area contributed by atoms with Crippen molar-refractivity contribution in [2.45, 2.75) is 6.92 Å². The lowest BCUT2D eigenvalue weighted by Gasteiger charge is -2.14. The van der Waals surface area contributed by atoms with Crippen LogP contribution in [0.15, 0.2) is 61.4 Å². The fourth-order valence-corrected chi connectivity index (χ4v) is 3.61. The first-order chi connectivity index (χ1) is 17.0. The number of aromatic nitrogens is 6. The van der Waals surface area contributed by atoms with Gasteiger partial charge < -0.3 is 15.6 Å². The van der Waals surface area contributed by atoms with Gasteiger partial charge in [-0.15, -0.1) is 0 Å². The summed E-state index contributed by atoms with van der Waals surface area (Å²) in [7, 11) is 0. The summed E-state index contributed by atoms with van der Waals surface area (Å²) in [5.74, 6) is 0.105. The number of aryl methyl sites for hydroxylation is 1. The third-order valence-corrected chi connectivity index (χ3v) is 5.54. The molecule has 4 heterocycles. The molecule has 0 aliphatic rings. The van der Waals surface area contributed by atoms with Gasteiger partial charge in [0.15, 0.2) is 5.65 Å². The molecule has 5 rings (SSSR count). The molecule has 170 valence electrons. The number of halogens is 1. The zero-order valence-electron chi connectivity index (χ0n) is 18.2. The van der Waals surface area contributed by atoms with Gasteiger partial charge in [-0.1, -0.05) is 17.7 Å². The second kappa shape index (κ2) is 9.17. The number of hydrogen-bond acceptors (Lipinski definition) is 8. The number of nitrogens with one attached hydrogen (secondary N) is 3. The summed E-state index contributed by atoms with van der Waals surface area (Å²) in [6, 6.07) is 12.4. The molecule has 0 bridgehead atoms. The van der Waals surface area contributed by atoms with Gasteiger partial charge in [-0.05, 0) is 42.8 Å². The normalized spacial score (nSPS) is 10.7. The third kappa shape index (κ3) is 4.36. The molecule has 35 heavy (non-hydrogen) atoms. The molecule has 0 radical (unpaired) electrons. The fourth-order valence-electron chi connectivity index (χ4n) is 3.46. The molecule has 0 saturated carbocycles. The summed E-state index contributed by atoms with van der Waals surface area (Å²) < 4.78 is 0. The van der Waals surface area contributed by atoms with Crippen molar-refractivity contribution in [3.8, 4) is 17.3 Å². The minimum atomic E-state index is -0.464. The molecular formula is C24H16ClN9O. The fraction of sp³-hybridized carbons (Fsp3) is 0.0417. The van der Waals surface area contributed by atoms with Gasteiger partial charge in [-0.25, -0.2) is 24.9 Å². The molecule has 0 aliphatic carbocycles. The van der Waals surface area contributed by atoms with E-state index >= 15 is 0 Å². The van der Waals surface area contributed by atoms with E-state index in [1.165, 1.54) is 18.6 Å². The summed E-state index contributed by atoms with van der Waals surface area (Å²) in [6.45, 7) is 1.94. The van der Waals surface area contributed by atoms with Crippen molar-refractivity contribution >= 4 is 45.9 Å². The Balaban J connectivity index is 1.45. The maximum Gasteiger partial charge on any atom is 0.274 e. The Labute approximate surface area is 204 Å². The summed E-state index contributed by atoms with van der Waals surface area (Å²) >= 11 is 5.91. The van der Waals surface area contributed by atoms with Crippen LogP contribution >= 0.6 is 11.6 Å². The average Bonchev–Trinajstić information content (AvgIpc) is 3.36. The van der Waals surface area contributed by atoms with Crippen LogP contribution in [0.4, 0.5) is 17.2 Å². The number of carbonyl (C=O) groups excluding carboxylic acids is 1. The predicted octanol–water partition coefficient (Wildman–Crippen LogP) is 4.64. The van der Waals surface area contributed by atoms with E-state index in [1.807, 2.05) is 31.2 Å². The van der Waals surface area contributed by atoms with Crippen LogP contribution in [0.2, 0.25) is 5.02 Å². The van der Waals surface area contributed by atoms with Crippen molar-refractivity contribution in [2.24, 2.45) is 0 Å². The smallest absolute Gasteiger partial charge is 0.274 e. The van der Waals surface area contributed by atoms with Crippen molar-refractivity contribution in [1.82, 2.24) is 29.9 Å². The summed E-state index contributed by atoms with van der Waals surface area (Å²) in [6.07, 6.45) is 5.99. The lowest BCUT2D eigenvalue weighted by molar-refractivity contribution is 0.102. The van der Waals surface area contributed by atoms with Crippen LogP contribution < -0.4 is 10.6 Å². The predicted molar refractivity (Wildman–Crippen MR) is 131 cm³/mol. The van der Waals surface area contributed by atoms with Crippen molar-refractivity contribution in [1.29, 1.82) is 5.26 Å². The van der Waals surface area contributed by atoms with E-state index < -0.39 is 5.91 Å². The lowest BCUT2D eigenvalue weighted by atomic mass is 10.1. The molecule has 11 heteroatoms. The highest BCUT2D eigenvalue weighted by molar-refractivity contribution is 6.31. The Morgan fingerprint density at radius 3 is 2.86 bits per heavy atom. The zero-order chi connectivity index (χ0) is 24.4. The van der Waals surface area contributed by atoms with E-state index in [-0.39, 0.29) is 16.3 Å². The number of pyridine rings is 2. The molecule has 0 fully saturated rings. The first-order valence-corrected chi connectivity index (χ1v) is 10.8. The third-order valence-electron chi connectivity index (χ3n) is 5.24. The second-order valence-electron chi connectivity index (χ2n) is 7.49. The van der Waals surface area contributed by atoms with Crippen molar-refractivity contribution < 1.29 is 4.79 Å². The molecule has 0 aliphatic heterocycles. The number of nitriles is 1. The monoisotopic (exact) mass is 481 g/mol. The van der Waals surface area contributed by atoms with Gasteiger partial charge in [0.25, 0.3) is 5.91 Å². The van der Waals surface area contributed by atoms with Crippen LogP contribution in [0, 0.1) is 18.3 Å². The number of hydrogen-bond donors (Lipinski definition) is 3. The van der Waals surface area contributed by atoms with E-state index in [1.54, 1.807) is 24.7 Å². The van der Waals surface area contributed by atoms with E-state index in [2.05, 4.69) is 40.5 Å². The number of rotatable bonds is 5. The number of H-pyrrole nitrogens is 1.